The molecule has 1 atom stereocenters. The molecular formula is C10H14N2O4S. The molecule has 94 valence electrons. The number of hydrogen-bond donors (Lipinski definition) is 3. The summed E-state index contributed by atoms with van der Waals surface area (Å²) >= 11 is 0. The van der Waals surface area contributed by atoms with E-state index in [-0.39, 0.29) is 4.90 Å². The summed E-state index contributed by atoms with van der Waals surface area (Å²) in [4.78, 5) is 11.5. The average molecular weight is 258 g/mol. The standard InChI is InChI=1S/C10H14N2O4S/c1-17(15,16)8-4-2-7(3-5-8)12-10(14)9(11)6-13/h2-5,9,13H,6,11H2,1H3,(H,12,14)/t9-/m0/s1. The van der Waals surface area contributed by atoms with E-state index >= 15 is 0 Å². The van der Waals surface area contributed by atoms with Gasteiger partial charge in [0.2, 0.25) is 5.91 Å². The van der Waals surface area contributed by atoms with Crippen LogP contribution in [0.5, 0.6) is 0 Å². The third-order valence-electron chi connectivity index (χ3n) is 2.08. The summed E-state index contributed by atoms with van der Waals surface area (Å²) in [7, 11) is -3.25. The summed E-state index contributed by atoms with van der Waals surface area (Å²) in [6.45, 7) is -0.451. The molecule has 0 aliphatic carbocycles. The Morgan fingerprint density at radius 2 is 1.94 bits per heavy atom. The van der Waals surface area contributed by atoms with Crippen LogP contribution in [0.15, 0.2) is 29.2 Å². The molecule has 1 rings (SSSR count). The van der Waals surface area contributed by atoms with E-state index in [0.717, 1.165) is 6.26 Å². The third-order valence-corrected chi connectivity index (χ3v) is 3.21. The average Bonchev–Trinajstić information content (AvgIpc) is 2.27. The van der Waals surface area contributed by atoms with E-state index in [2.05, 4.69) is 5.32 Å². The van der Waals surface area contributed by atoms with E-state index < -0.39 is 28.4 Å². The van der Waals surface area contributed by atoms with Crippen molar-refractivity contribution < 1.29 is 18.3 Å². The zero-order valence-corrected chi connectivity index (χ0v) is 10.1. The molecule has 0 aromatic heterocycles. The van der Waals surface area contributed by atoms with Crippen molar-refractivity contribution in [3.8, 4) is 0 Å². The fourth-order valence-electron chi connectivity index (χ4n) is 1.10. The monoisotopic (exact) mass is 258 g/mol. The lowest BCUT2D eigenvalue weighted by Crippen LogP contribution is -2.38. The van der Waals surface area contributed by atoms with Crippen LogP contribution in [0.2, 0.25) is 0 Å². The Kier molecular flexibility index (Phi) is 4.22. The molecule has 0 bridgehead atoms. The van der Waals surface area contributed by atoms with Gasteiger partial charge in [-0.1, -0.05) is 0 Å². The predicted octanol–water partition coefficient (Wildman–Crippen LogP) is -0.652. The van der Waals surface area contributed by atoms with Crippen LogP contribution < -0.4 is 11.1 Å². The number of benzene rings is 1. The van der Waals surface area contributed by atoms with Crippen molar-refractivity contribution >= 4 is 21.4 Å². The highest BCUT2D eigenvalue weighted by Crippen LogP contribution is 2.13. The molecule has 0 aliphatic heterocycles. The SMILES string of the molecule is CS(=O)(=O)c1ccc(NC(=O)[C@@H](N)CO)cc1. The first-order valence-electron chi connectivity index (χ1n) is 4.82. The Labute approximate surface area is 99.4 Å². The van der Waals surface area contributed by atoms with Gasteiger partial charge in [0, 0.05) is 11.9 Å². The number of carbonyl (C=O) groups is 1. The Morgan fingerprint density at radius 1 is 1.41 bits per heavy atom. The summed E-state index contributed by atoms with van der Waals surface area (Å²) in [5, 5.41) is 11.1. The second-order valence-corrected chi connectivity index (χ2v) is 5.59. The minimum atomic E-state index is -3.25. The molecule has 4 N–H and O–H groups in total. The molecular weight excluding hydrogens is 244 g/mol. The van der Waals surface area contributed by atoms with Gasteiger partial charge in [0.05, 0.1) is 11.5 Å². The van der Waals surface area contributed by atoms with Crippen LogP contribution in [0.1, 0.15) is 0 Å². The van der Waals surface area contributed by atoms with Crippen LogP contribution in [0.4, 0.5) is 5.69 Å². The Hall–Kier alpha value is -1.44. The minimum Gasteiger partial charge on any atom is -0.394 e. The largest absolute Gasteiger partial charge is 0.394 e. The van der Waals surface area contributed by atoms with Gasteiger partial charge in [-0.2, -0.15) is 0 Å². The number of nitrogens with one attached hydrogen (secondary N) is 1. The molecule has 0 fully saturated rings. The number of aliphatic hydroxyl groups is 1. The molecule has 1 amide bonds. The highest BCUT2D eigenvalue weighted by molar-refractivity contribution is 7.90. The van der Waals surface area contributed by atoms with Crippen molar-refractivity contribution in [2.24, 2.45) is 5.73 Å². The molecule has 0 aliphatic rings. The molecule has 0 unspecified atom stereocenters. The van der Waals surface area contributed by atoms with Gasteiger partial charge >= 0.3 is 0 Å². The first-order chi connectivity index (χ1) is 7.84. The second-order valence-electron chi connectivity index (χ2n) is 3.57. The smallest absolute Gasteiger partial charge is 0.243 e. The van der Waals surface area contributed by atoms with Gasteiger partial charge < -0.3 is 16.2 Å². The lowest BCUT2D eigenvalue weighted by atomic mass is 10.2. The summed E-state index contributed by atoms with van der Waals surface area (Å²) in [6, 6.07) is 4.69. The molecule has 1 aromatic carbocycles. The number of nitrogens with two attached hydrogens (primary N) is 1. The van der Waals surface area contributed by atoms with E-state index in [1.165, 1.54) is 24.3 Å². The molecule has 0 heterocycles. The molecule has 7 heteroatoms. The van der Waals surface area contributed by atoms with E-state index in [0.29, 0.717) is 5.69 Å². The third kappa shape index (κ3) is 3.81. The summed E-state index contributed by atoms with van der Waals surface area (Å²) in [5.41, 5.74) is 5.73. The maximum absolute atomic E-state index is 11.3. The van der Waals surface area contributed by atoms with Crippen LogP contribution >= 0.6 is 0 Å². The summed E-state index contributed by atoms with van der Waals surface area (Å²) < 4.78 is 22.4. The minimum absolute atomic E-state index is 0.168. The molecule has 17 heavy (non-hydrogen) atoms. The first-order valence-corrected chi connectivity index (χ1v) is 6.71. The molecule has 0 radical (unpaired) electrons. The van der Waals surface area contributed by atoms with Crippen molar-refractivity contribution in [3.05, 3.63) is 24.3 Å². The van der Waals surface area contributed by atoms with Crippen LogP contribution in [-0.2, 0) is 14.6 Å². The van der Waals surface area contributed by atoms with Crippen molar-refractivity contribution in [2.75, 3.05) is 18.2 Å². The Morgan fingerprint density at radius 3 is 2.35 bits per heavy atom. The number of hydrogen-bond acceptors (Lipinski definition) is 5. The number of anilines is 1. The van der Waals surface area contributed by atoms with E-state index in [9.17, 15) is 13.2 Å². The number of rotatable bonds is 4. The summed E-state index contributed by atoms with van der Waals surface area (Å²) in [6.07, 6.45) is 1.10. The maximum Gasteiger partial charge on any atom is 0.243 e. The van der Waals surface area contributed by atoms with Gasteiger partial charge in [0.15, 0.2) is 9.84 Å². The topological polar surface area (TPSA) is 109 Å². The number of aliphatic hydroxyl groups excluding tert-OH is 1. The first kappa shape index (κ1) is 13.6. The molecule has 0 spiro atoms. The van der Waals surface area contributed by atoms with Gasteiger partial charge in [0.1, 0.15) is 6.04 Å². The van der Waals surface area contributed by atoms with Crippen molar-refractivity contribution in [1.82, 2.24) is 0 Å². The van der Waals surface area contributed by atoms with E-state index in [1.807, 2.05) is 0 Å². The highest BCUT2D eigenvalue weighted by atomic mass is 32.2. The van der Waals surface area contributed by atoms with Gasteiger partial charge in [-0.05, 0) is 24.3 Å². The fourth-order valence-corrected chi connectivity index (χ4v) is 1.73. The van der Waals surface area contributed by atoms with E-state index in [1.54, 1.807) is 0 Å². The van der Waals surface area contributed by atoms with Gasteiger partial charge in [0.25, 0.3) is 0 Å². The van der Waals surface area contributed by atoms with Crippen LogP contribution in [0.3, 0.4) is 0 Å². The van der Waals surface area contributed by atoms with Gasteiger partial charge in [-0.25, -0.2) is 8.42 Å². The lowest BCUT2D eigenvalue weighted by Gasteiger charge is -2.09. The van der Waals surface area contributed by atoms with Gasteiger partial charge in [-0.15, -0.1) is 0 Å². The van der Waals surface area contributed by atoms with Gasteiger partial charge in [-0.3, -0.25) is 4.79 Å². The number of amides is 1. The quantitative estimate of drug-likeness (QED) is 0.664. The zero-order valence-electron chi connectivity index (χ0n) is 9.25. The molecule has 1 aromatic rings. The lowest BCUT2D eigenvalue weighted by molar-refractivity contribution is -0.118. The highest BCUT2D eigenvalue weighted by Gasteiger charge is 2.12. The normalized spacial score (nSPS) is 13.1. The molecule has 0 saturated carbocycles. The van der Waals surface area contributed by atoms with Crippen molar-refractivity contribution in [1.29, 1.82) is 0 Å². The van der Waals surface area contributed by atoms with Crippen molar-refractivity contribution in [2.45, 2.75) is 10.9 Å². The van der Waals surface area contributed by atoms with Crippen molar-refractivity contribution in [3.63, 3.8) is 0 Å². The number of sulfone groups is 1. The Bertz CT molecular complexity index is 496. The number of carbonyl (C=O) groups excluding carboxylic acids is 1. The molecule has 0 saturated heterocycles. The second kappa shape index (κ2) is 5.26. The van der Waals surface area contributed by atoms with E-state index in [4.69, 9.17) is 10.8 Å². The fraction of sp³-hybridized carbons (Fsp3) is 0.300. The van der Waals surface area contributed by atoms with Crippen LogP contribution in [0, 0.1) is 0 Å². The Balaban J connectivity index is 2.79. The van der Waals surface area contributed by atoms with Crippen LogP contribution in [0.25, 0.3) is 0 Å². The van der Waals surface area contributed by atoms with Crippen LogP contribution in [-0.4, -0.2) is 38.3 Å². The predicted molar refractivity (Wildman–Crippen MR) is 63.2 cm³/mol. The molecule has 6 nitrogen and oxygen atoms in total. The maximum atomic E-state index is 11.3. The summed E-state index contributed by atoms with van der Waals surface area (Å²) in [5.74, 6) is -0.528. The zero-order chi connectivity index (χ0) is 13.1.